The van der Waals surface area contributed by atoms with Crippen molar-refractivity contribution in [1.82, 2.24) is 10.1 Å². The van der Waals surface area contributed by atoms with E-state index < -0.39 is 12.2 Å². The Bertz CT molecular complexity index is 609. The standard InChI is InChI=1S/C14H15F2N3O2/c15-13(16)20-10-4-2-9(3-5-10)8-11-18-12(19-21-11)14(17)6-1-7-14/h2-5,13H,1,6-8,17H2. The Morgan fingerprint density at radius 3 is 2.57 bits per heavy atom. The zero-order chi connectivity index (χ0) is 14.9. The minimum atomic E-state index is -2.82. The SMILES string of the molecule is NC1(c2noc(Cc3ccc(OC(F)F)cc3)n2)CCC1. The van der Waals surface area contributed by atoms with E-state index in [1.165, 1.54) is 12.1 Å². The van der Waals surface area contributed by atoms with Crippen molar-refractivity contribution in [2.45, 2.75) is 37.8 Å². The number of ether oxygens (including phenoxy) is 1. The summed E-state index contributed by atoms with van der Waals surface area (Å²) < 4.78 is 33.6. The summed E-state index contributed by atoms with van der Waals surface area (Å²) in [6.07, 6.45) is 3.24. The Kier molecular flexibility index (Phi) is 3.59. The van der Waals surface area contributed by atoms with Gasteiger partial charge in [0.1, 0.15) is 5.75 Å². The summed E-state index contributed by atoms with van der Waals surface area (Å²) in [5, 5.41) is 3.93. The normalized spacial score (nSPS) is 16.8. The van der Waals surface area contributed by atoms with Crippen LogP contribution in [0.5, 0.6) is 5.75 Å². The number of benzene rings is 1. The van der Waals surface area contributed by atoms with Gasteiger partial charge < -0.3 is 15.0 Å². The maximum atomic E-state index is 12.1. The number of rotatable bonds is 5. The molecule has 1 saturated carbocycles. The molecule has 0 spiro atoms. The molecule has 1 fully saturated rings. The van der Waals surface area contributed by atoms with Crippen LogP contribution in [0.15, 0.2) is 28.8 Å². The molecule has 1 heterocycles. The molecule has 112 valence electrons. The Balaban J connectivity index is 1.66. The molecular formula is C14H15F2N3O2. The third kappa shape index (κ3) is 3.02. The zero-order valence-corrected chi connectivity index (χ0v) is 11.3. The summed E-state index contributed by atoms with van der Waals surface area (Å²) in [6.45, 7) is -2.82. The molecule has 2 N–H and O–H groups in total. The summed E-state index contributed by atoms with van der Waals surface area (Å²) in [6, 6.07) is 6.33. The minimum absolute atomic E-state index is 0.121. The lowest BCUT2D eigenvalue weighted by Crippen LogP contribution is -2.44. The Morgan fingerprint density at radius 1 is 1.29 bits per heavy atom. The summed E-state index contributed by atoms with van der Waals surface area (Å²) in [5.41, 5.74) is 6.54. The van der Waals surface area contributed by atoms with E-state index in [9.17, 15) is 8.78 Å². The third-order valence-electron chi connectivity index (χ3n) is 3.66. The molecule has 0 atom stereocenters. The second-order valence-corrected chi connectivity index (χ2v) is 5.22. The van der Waals surface area contributed by atoms with Gasteiger partial charge in [-0.3, -0.25) is 0 Å². The van der Waals surface area contributed by atoms with Crippen LogP contribution in [0, 0.1) is 0 Å². The first-order chi connectivity index (χ1) is 10.0. The van der Waals surface area contributed by atoms with Gasteiger partial charge in [-0.15, -0.1) is 0 Å². The second-order valence-electron chi connectivity index (χ2n) is 5.22. The van der Waals surface area contributed by atoms with Gasteiger partial charge in [-0.1, -0.05) is 17.3 Å². The van der Waals surface area contributed by atoms with Crippen molar-refractivity contribution in [3.05, 3.63) is 41.5 Å². The fraction of sp³-hybridized carbons (Fsp3) is 0.429. The van der Waals surface area contributed by atoms with Crippen LogP contribution in [0.4, 0.5) is 8.78 Å². The van der Waals surface area contributed by atoms with E-state index in [1.54, 1.807) is 12.1 Å². The molecule has 7 heteroatoms. The summed E-state index contributed by atoms with van der Waals surface area (Å²) in [4.78, 5) is 4.32. The maximum Gasteiger partial charge on any atom is 0.387 e. The molecule has 0 bridgehead atoms. The van der Waals surface area contributed by atoms with Gasteiger partial charge in [0.15, 0.2) is 5.82 Å². The van der Waals surface area contributed by atoms with Crippen molar-refractivity contribution in [1.29, 1.82) is 0 Å². The van der Waals surface area contributed by atoms with Gasteiger partial charge in [0.2, 0.25) is 5.89 Å². The van der Waals surface area contributed by atoms with Crippen LogP contribution >= 0.6 is 0 Å². The monoisotopic (exact) mass is 295 g/mol. The molecule has 1 aliphatic carbocycles. The lowest BCUT2D eigenvalue weighted by molar-refractivity contribution is -0.0498. The average Bonchev–Trinajstić information content (AvgIpc) is 2.86. The van der Waals surface area contributed by atoms with Crippen molar-refractivity contribution in [3.63, 3.8) is 0 Å². The summed E-state index contributed by atoms with van der Waals surface area (Å²) >= 11 is 0. The fourth-order valence-electron chi connectivity index (χ4n) is 2.27. The van der Waals surface area contributed by atoms with Crippen LogP contribution < -0.4 is 10.5 Å². The molecule has 0 aliphatic heterocycles. The van der Waals surface area contributed by atoms with Crippen molar-refractivity contribution in [2.75, 3.05) is 0 Å². The van der Waals surface area contributed by atoms with Gasteiger partial charge in [-0.25, -0.2) is 0 Å². The van der Waals surface area contributed by atoms with Crippen molar-refractivity contribution >= 4 is 0 Å². The molecule has 1 aromatic carbocycles. The lowest BCUT2D eigenvalue weighted by Gasteiger charge is -2.34. The van der Waals surface area contributed by atoms with E-state index in [0.717, 1.165) is 24.8 Å². The number of halogens is 2. The number of nitrogens with zero attached hydrogens (tertiary/aromatic N) is 2. The smallest absolute Gasteiger partial charge is 0.387 e. The van der Waals surface area contributed by atoms with Gasteiger partial charge in [0, 0.05) is 0 Å². The number of nitrogens with two attached hydrogens (primary N) is 1. The molecular weight excluding hydrogens is 280 g/mol. The highest BCUT2D eigenvalue weighted by molar-refractivity contribution is 5.28. The molecule has 0 radical (unpaired) electrons. The van der Waals surface area contributed by atoms with Crippen LogP contribution in [0.1, 0.15) is 36.5 Å². The van der Waals surface area contributed by atoms with Gasteiger partial charge in [0.05, 0.1) is 12.0 Å². The summed E-state index contributed by atoms with van der Waals surface area (Å²) in [7, 11) is 0. The molecule has 1 aromatic heterocycles. The van der Waals surface area contributed by atoms with E-state index in [1.807, 2.05) is 0 Å². The average molecular weight is 295 g/mol. The molecule has 21 heavy (non-hydrogen) atoms. The highest BCUT2D eigenvalue weighted by Gasteiger charge is 2.38. The van der Waals surface area contributed by atoms with Crippen LogP contribution in [-0.2, 0) is 12.0 Å². The molecule has 0 amide bonds. The van der Waals surface area contributed by atoms with Crippen LogP contribution in [-0.4, -0.2) is 16.8 Å². The second kappa shape index (κ2) is 5.40. The molecule has 5 nitrogen and oxygen atoms in total. The van der Waals surface area contributed by atoms with Gasteiger partial charge in [-0.2, -0.15) is 13.8 Å². The van der Waals surface area contributed by atoms with Gasteiger partial charge in [0.25, 0.3) is 0 Å². The quantitative estimate of drug-likeness (QED) is 0.917. The topological polar surface area (TPSA) is 74.2 Å². The largest absolute Gasteiger partial charge is 0.435 e. The predicted octanol–water partition coefficient (Wildman–Crippen LogP) is 2.60. The van der Waals surface area contributed by atoms with E-state index >= 15 is 0 Å². The number of hydrogen-bond acceptors (Lipinski definition) is 5. The Morgan fingerprint density at radius 2 is 2.00 bits per heavy atom. The van der Waals surface area contributed by atoms with E-state index in [0.29, 0.717) is 18.1 Å². The lowest BCUT2D eigenvalue weighted by atomic mass is 9.77. The summed E-state index contributed by atoms with van der Waals surface area (Å²) in [5.74, 6) is 1.13. The van der Waals surface area contributed by atoms with Crippen molar-refractivity contribution in [2.24, 2.45) is 5.73 Å². The van der Waals surface area contributed by atoms with Gasteiger partial charge in [-0.05, 0) is 37.0 Å². The Hall–Kier alpha value is -2.02. The number of aromatic nitrogens is 2. The minimum Gasteiger partial charge on any atom is -0.435 e. The Labute approximate surface area is 120 Å². The van der Waals surface area contributed by atoms with Crippen LogP contribution in [0.2, 0.25) is 0 Å². The van der Waals surface area contributed by atoms with Crippen molar-refractivity contribution in [3.8, 4) is 5.75 Å². The first kappa shape index (κ1) is 13.9. The van der Waals surface area contributed by atoms with E-state index in [4.69, 9.17) is 10.3 Å². The highest BCUT2D eigenvalue weighted by atomic mass is 19.3. The van der Waals surface area contributed by atoms with Gasteiger partial charge >= 0.3 is 6.61 Å². The first-order valence-electron chi connectivity index (χ1n) is 6.71. The van der Waals surface area contributed by atoms with Crippen LogP contribution in [0.25, 0.3) is 0 Å². The number of hydrogen-bond donors (Lipinski definition) is 1. The molecule has 0 unspecified atom stereocenters. The fourth-order valence-corrected chi connectivity index (χ4v) is 2.27. The maximum absolute atomic E-state index is 12.1. The predicted molar refractivity (Wildman–Crippen MR) is 69.9 cm³/mol. The first-order valence-corrected chi connectivity index (χ1v) is 6.71. The molecule has 2 aromatic rings. The zero-order valence-electron chi connectivity index (χ0n) is 11.3. The van der Waals surface area contributed by atoms with Crippen LogP contribution in [0.3, 0.4) is 0 Å². The van der Waals surface area contributed by atoms with Crippen molar-refractivity contribution < 1.29 is 18.0 Å². The van der Waals surface area contributed by atoms with E-state index in [2.05, 4.69) is 14.9 Å². The molecule has 3 rings (SSSR count). The molecule has 0 saturated heterocycles. The highest BCUT2D eigenvalue weighted by Crippen LogP contribution is 2.36. The third-order valence-corrected chi connectivity index (χ3v) is 3.66. The number of alkyl halides is 2. The van der Waals surface area contributed by atoms with E-state index in [-0.39, 0.29) is 5.75 Å². The molecule has 1 aliphatic rings.